The summed E-state index contributed by atoms with van der Waals surface area (Å²) in [6.07, 6.45) is 2.44. The van der Waals surface area contributed by atoms with E-state index < -0.39 is 23.5 Å². The maximum atomic E-state index is 14.7. The second kappa shape index (κ2) is 9.77. The number of rotatable bonds is 8. The van der Waals surface area contributed by atoms with Gasteiger partial charge < -0.3 is 14.7 Å². The van der Waals surface area contributed by atoms with E-state index in [0.717, 1.165) is 12.8 Å². The van der Waals surface area contributed by atoms with E-state index in [9.17, 15) is 19.1 Å². The van der Waals surface area contributed by atoms with Crippen molar-refractivity contribution in [1.29, 1.82) is 0 Å². The zero-order valence-electron chi connectivity index (χ0n) is 18.1. The number of hydrogen-bond acceptors (Lipinski definition) is 4. The molecular weight excluding hydrogens is 397 g/mol. The molecule has 1 heterocycles. The van der Waals surface area contributed by atoms with E-state index >= 15 is 0 Å². The third-order valence-corrected chi connectivity index (χ3v) is 5.22. The van der Waals surface area contributed by atoms with Crippen molar-refractivity contribution in [3.63, 3.8) is 0 Å². The molecule has 5 nitrogen and oxygen atoms in total. The molecule has 1 atom stereocenters. The summed E-state index contributed by atoms with van der Waals surface area (Å²) in [7, 11) is 0. The van der Waals surface area contributed by atoms with Crippen LogP contribution in [0.4, 0.5) is 4.39 Å². The number of ketones is 1. The highest BCUT2D eigenvalue weighted by Gasteiger charge is 2.46. The lowest BCUT2D eigenvalue weighted by atomic mass is 9.94. The van der Waals surface area contributed by atoms with Gasteiger partial charge in [0.2, 0.25) is 0 Å². The van der Waals surface area contributed by atoms with Crippen molar-refractivity contribution in [2.45, 2.75) is 52.2 Å². The molecule has 6 heteroatoms. The Hall–Kier alpha value is -3.15. The molecule has 1 N–H and O–H groups in total. The van der Waals surface area contributed by atoms with E-state index in [1.54, 1.807) is 42.5 Å². The van der Waals surface area contributed by atoms with Crippen LogP contribution in [0.2, 0.25) is 0 Å². The SMILES string of the molecule is CCCCCN1C(=O)C(=O)/C(=C(\O)c2cccc(OC(C)C)c2)C1c1ccccc1F. The number of nitrogens with zero attached hydrogens (tertiary/aromatic N) is 1. The number of aliphatic hydroxyl groups excluding tert-OH is 1. The number of benzene rings is 2. The van der Waals surface area contributed by atoms with Crippen molar-refractivity contribution in [1.82, 2.24) is 4.90 Å². The van der Waals surface area contributed by atoms with Crippen LogP contribution in [0.15, 0.2) is 54.1 Å². The summed E-state index contributed by atoms with van der Waals surface area (Å²) in [6.45, 7) is 6.11. The van der Waals surface area contributed by atoms with Gasteiger partial charge in [-0.25, -0.2) is 4.39 Å². The van der Waals surface area contributed by atoms with Crippen molar-refractivity contribution in [3.8, 4) is 5.75 Å². The van der Waals surface area contributed by atoms with Crippen molar-refractivity contribution in [2.24, 2.45) is 0 Å². The van der Waals surface area contributed by atoms with E-state index in [1.807, 2.05) is 20.8 Å². The average molecular weight is 426 g/mol. The summed E-state index contributed by atoms with van der Waals surface area (Å²) in [5.41, 5.74) is 0.425. The van der Waals surface area contributed by atoms with Crippen LogP contribution in [0.3, 0.4) is 0 Å². The number of carbonyl (C=O) groups excluding carboxylic acids is 2. The Kier molecular flexibility index (Phi) is 7.10. The summed E-state index contributed by atoms with van der Waals surface area (Å²) in [5.74, 6) is -1.87. The largest absolute Gasteiger partial charge is 0.507 e. The minimum absolute atomic E-state index is 0.0695. The van der Waals surface area contributed by atoms with Crippen LogP contribution in [0, 0.1) is 5.82 Å². The van der Waals surface area contributed by atoms with Crippen LogP contribution in [0.25, 0.3) is 5.76 Å². The van der Waals surface area contributed by atoms with Gasteiger partial charge in [-0.2, -0.15) is 0 Å². The van der Waals surface area contributed by atoms with Gasteiger partial charge in [-0.1, -0.05) is 50.1 Å². The van der Waals surface area contributed by atoms with Gasteiger partial charge in [0.15, 0.2) is 0 Å². The number of aliphatic hydroxyl groups is 1. The Labute approximate surface area is 182 Å². The smallest absolute Gasteiger partial charge is 0.295 e. The molecule has 0 bridgehead atoms. The van der Waals surface area contributed by atoms with Gasteiger partial charge in [-0.15, -0.1) is 0 Å². The van der Waals surface area contributed by atoms with Crippen LogP contribution in [-0.2, 0) is 9.59 Å². The van der Waals surface area contributed by atoms with Crippen LogP contribution >= 0.6 is 0 Å². The summed E-state index contributed by atoms with van der Waals surface area (Å²) in [5, 5.41) is 11.1. The quantitative estimate of drug-likeness (QED) is 0.272. The molecule has 2 aromatic carbocycles. The molecule has 31 heavy (non-hydrogen) atoms. The number of hydrogen-bond donors (Lipinski definition) is 1. The molecule has 1 unspecified atom stereocenters. The third kappa shape index (κ3) is 4.79. The molecule has 0 radical (unpaired) electrons. The predicted molar refractivity (Wildman–Crippen MR) is 117 cm³/mol. The number of carbonyl (C=O) groups is 2. The third-order valence-electron chi connectivity index (χ3n) is 5.22. The van der Waals surface area contributed by atoms with E-state index in [1.165, 1.54) is 11.0 Å². The molecule has 164 valence electrons. The molecule has 0 spiro atoms. The summed E-state index contributed by atoms with van der Waals surface area (Å²) >= 11 is 0. The number of unbranched alkanes of at least 4 members (excludes halogenated alkanes) is 2. The first-order valence-corrected chi connectivity index (χ1v) is 10.6. The average Bonchev–Trinajstić information content (AvgIpc) is 2.98. The van der Waals surface area contributed by atoms with Crippen LogP contribution in [0.5, 0.6) is 5.75 Å². The Bertz CT molecular complexity index is 999. The first kappa shape index (κ1) is 22.5. The van der Waals surface area contributed by atoms with Gasteiger partial charge in [0.1, 0.15) is 17.3 Å². The monoisotopic (exact) mass is 425 g/mol. The van der Waals surface area contributed by atoms with Gasteiger partial charge in [-0.05, 0) is 38.5 Å². The number of ether oxygens (including phenoxy) is 1. The first-order valence-electron chi connectivity index (χ1n) is 10.6. The molecule has 2 aromatic rings. The lowest BCUT2D eigenvalue weighted by molar-refractivity contribution is -0.139. The lowest BCUT2D eigenvalue weighted by Gasteiger charge is -2.25. The second-order valence-electron chi connectivity index (χ2n) is 7.92. The fourth-order valence-corrected chi connectivity index (χ4v) is 3.81. The van der Waals surface area contributed by atoms with Crippen molar-refractivity contribution in [2.75, 3.05) is 6.54 Å². The standard InChI is InChI=1S/C25H28FNO4/c1-4-5-8-14-27-22(19-12-6-7-13-20(19)26)21(24(29)25(27)30)23(28)17-10-9-11-18(15-17)31-16(2)3/h6-7,9-13,15-16,22,28H,4-5,8,14H2,1-3H3/b23-21-. The Morgan fingerprint density at radius 1 is 1.13 bits per heavy atom. The van der Waals surface area contributed by atoms with Gasteiger partial charge in [-0.3, -0.25) is 9.59 Å². The fraction of sp³-hybridized carbons (Fsp3) is 0.360. The van der Waals surface area contributed by atoms with Gasteiger partial charge in [0.25, 0.3) is 11.7 Å². The molecule has 0 saturated carbocycles. The summed E-state index contributed by atoms with van der Waals surface area (Å²) in [6, 6.07) is 11.7. The van der Waals surface area contributed by atoms with Crippen molar-refractivity contribution in [3.05, 3.63) is 71.0 Å². The molecule has 1 aliphatic heterocycles. The molecular formula is C25H28FNO4. The maximum absolute atomic E-state index is 14.7. The topological polar surface area (TPSA) is 66.8 Å². The molecule has 1 fully saturated rings. The number of Topliss-reactive ketones (excluding diaryl/α,β-unsaturated/α-hetero) is 1. The van der Waals surface area contributed by atoms with Crippen LogP contribution in [0.1, 0.15) is 57.2 Å². The Balaban J connectivity index is 2.12. The number of amides is 1. The Morgan fingerprint density at radius 2 is 1.87 bits per heavy atom. The van der Waals surface area contributed by atoms with Crippen molar-refractivity contribution < 1.29 is 23.8 Å². The maximum Gasteiger partial charge on any atom is 0.295 e. The zero-order valence-corrected chi connectivity index (χ0v) is 18.1. The van der Waals surface area contributed by atoms with E-state index in [-0.39, 0.29) is 23.0 Å². The highest BCUT2D eigenvalue weighted by Crippen LogP contribution is 2.40. The number of likely N-dealkylation sites (tertiary alicyclic amines) is 1. The van der Waals surface area contributed by atoms with E-state index in [0.29, 0.717) is 24.3 Å². The van der Waals surface area contributed by atoms with Crippen LogP contribution in [-0.4, -0.2) is 34.3 Å². The van der Waals surface area contributed by atoms with E-state index in [4.69, 9.17) is 4.74 Å². The van der Waals surface area contributed by atoms with Crippen LogP contribution < -0.4 is 4.74 Å². The molecule has 0 aliphatic carbocycles. The predicted octanol–water partition coefficient (Wildman–Crippen LogP) is 5.22. The van der Waals surface area contributed by atoms with E-state index in [2.05, 4.69) is 0 Å². The highest BCUT2D eigenvalue weighted by molar-refractivity contribution is 6.46. The molecule has 1 amide bonds. The Morgan fingerprint density at radius 3 is 2.55 bits per heavy atom. The first-order chi connectivity index (χ1) is 14.8. The van der Waals surface area contributed by atoms with Gasteiger partial charge >= 0.3 is 0 Å². The van der Waals surface area contributed by atoms with Gasteiger partial charge in [0.05, 0.1) is 17.7 Å². The highest BCUT2D eigenvalue weighted by atomic mass is 19.1. The zero-order chi connectivity index (χ0) is 22.5. The molecule has 1 saturated heterocycles. The summed E-state index contributed by atoms with van der Waals surface area (Å²) < 4.78 is 20.4. The summed E-state index contributed by atoms with van der Waals surface area (Å²) in [4.78, 5) is 27.2. The number of halogens is 1. The fourth-order valence-electron chi connectivity index (χ4n) is 3.81. The lowest BCUT2D eigenvalue weighted by Crippen LogP contribution is -2.31. The minimum atomic E-state index is -0.979. The normalized spacial score (nSPS) is 18.1. The second-order valence-corrected chi connectivity index (χ2v) is 7.92. The molecule has 1 aliphatic rings. The van der Waals surface area contributed by atoms with Gasteiger partial charge in [0, 0.05) is 17.7 Å². The molecule has 3 rings (SSSR count). The molecule has 0 aromatic heterocycles. The van der Waals surface area contributed by atoms with Crippen molar-refractivity contribution >= 4 is 17.4 Å². The minimum Gasteiger partial charge on any atom is -0.507 e.